The predicted octanol–water partition coefficient (Wildman–Crippen LogP) is 4.81. The topological polar surface area (TPSA) is 56.3 Å². The molecule has 0 aliphatic rings. The van der Waals surface area contributed by atoms with Gasteiger partial charge in [-0.15, -0.1) is 0 Å². The maximum absolute atomic E-state index is 13.3. The minimum Gasteiger partial charge on any atom is -0.493 e. The van der Waals surface area contributed by atoms with Crippen LogP contribution in [-0.2, 0) is 6.42 Å². The average molecular weight is 412 g/mol. The van der Waals surface area contributed by atoms with Crippen LogP contribution in [0.5, 0.6) is 11.5 Å². The van der Waals surface area contributed by atoms with Gasteiger partial charge in [-0.25, -0.2) is 8.78 Å². The summed E-state index contributed by atoms with van der Waals surface area (Å²) in [6, 6.07) is 6.85. The molecule has 0 aliphatic carbocycles. The molecule has 5 nitrogen and oxygen atoms in total. The van der Waals surface area contributed by atoms with Crippen LogP contribution in [0.4, 0.5) is 13.9 Å². The lowest BCUT2D eigenvalue weighted by molar-refractivity contribution is 0.354. The number of nitrogens with zero attached hydrogens (tertiary/aromatic N) is 2. The first-order chi connectivity index (χ1) is 13.0. The first kappa shape index (κ1) is 19.3. The van der Waals surface area contributed by atoms with Gasteiger partial charge in [-0.3, -0.25) is 0 Å². The fraction of sp³-hybridized carbons (Fsp3) is 0.222. The molecule has 0 saturated carbocycles. The van der Waals surface area contributed by atoms with Crippen LogP contribution in [-0.4, -0.2) is 30.1 Å². The van der Waals surface area contributed by atoms with E-state index in [2.05, 4.69) is 14.7 Å². The Morgan fingerprint density at radius 3 is 2.52 bits per heavy atom. The average Bonchev–Trinajstić information content (AvgIpc) is 3.11. The largest absolute Gasteiger partial charge is 0.493 e. The smallest absolute Gasteiger partial charge is 0.202 e. The maximum atomic E-state index is 13.3. The number of ether oxygens (including phenoxy) is 2. The van der Waals surface area contributed by atoms with Gasteiger partial charge < -0.3 is 14.8 Å². The molecule has 0 atom stereocenters. The quantitative estimate of drug-likeness (QED) is 0.604. The molecule has 0 aliphatic heterocycles. The molecule has 1 N–H and O–H groups in total. The van der Waals surface area contributed by atoms with Gasteiger partial charge in [0.05, 0.1) is 19.2 Å². The predicted molar refractivity (Wildman–Crippen MR) is 102 cm³/mol. The van der Waals surface area contributed by atoms with E-state index in [-0.39, 0.29) is 5.82 Å². The first-order valence-corrected chi connectivity index (χ1v) is 9.10. The summed E-state index contributed by atoms with van der Waals surface area (Å²) in [7, 11) is 3.08. The lowest BCUT2D eigenvalue weighted by Gasteiger charge is -2.12. The molecule has 9 heteroatoms. The van der Waals surface area contributed by atoms with E-state index in [1.54, 1.807) is 13.2 Å². The van der Waals surface area contributed by atoms with Crippen LogP contribution < -0.4 is 14.8 Å². The number of halogens is 3. The van der Waals surface area contributed by atoms with Crippen molar-refractivity contribution >= 4 is 28.3 Å². The van der Waals surface area contributed by atoms with E-state index in [0.29, 0.717) is 40.2 Å². The zero-order valence-corrected chi connectivity index (χ0v) is 16.1. The second-order valence-corrected chi connectivity index (χ2v) is 6.66. The van der Waals surface area contributed by atoms with Crippen LogP contribution >= 0.6 is 23.1 Å². The molecule has 27 heavy (non-hydrogen) atoms. The van der Waals surface area contributed by atoms with E-state index in [1.807, 2.05) is 6.07 Å². The number of rotatable bonds is 7. The van der Waals surface area contributed by atoms with Crippen molar-refractivity contribution < 1.29 is 18.3 Å². The van der Waals surface area contributed by atoms with Gasteiger partial charge in [0.15, 0.2) is 17.3 Å². The molecule has 142 valence electrons. The van der Waals surface area contributed by atoms with Crippen LogP contribution in [0.1, 0.15) is 5.56 Å². The molecule has 0 fully saturated rings. The van der Waals surface area contributed by atoms with E-state index in [1.165, 1.54) is 19.2 Å². The summed E-state index contributed by atoms with van der Waals surface area (Å²) in [6.45, 7) is 0.543. The van der Waals surface area contributed by atoms with Crippen LogP contribution in [0.25, 0.3) is 11.4 Å². The monoisotopic (exact) mass is 411 g/mol. The second-order valence-electron chi connectivity index (χ2n) is 5.53. The highest BCUT2D eigenvalue weighted by Gasteiger charge is 2.13. The lowest BCUT2D eigenvalue weighted by Crippen LogP contribution is -2.05. The van der Waals surface area contributed by atoms with Gasteiger partial charge in [0.25, 0.3) is 0 Å². The van der Waals surface area contributed by atoms with Crippen molar-refractivity contribution in [3.05, 3.63) is 52.6 Å². The van der Waals surface area contributed by atoms with Gasteiger partial charge in [0.2, 0.25) is 5.13 Å². The minimum atomic E-state index is -0.669. The number of anilines is 1. The molecular formula is C18H16ClF2N3O2S. The molecule has 0 amide bonds. The van der Waals surface area contributed by atoms with Gasteiger partial charge in [-0.05, 0) is 30.2 Å². The molecule has 0 radical (unpaired) electrons. The third-order valence-corrected chi connectivity index (χ3v) is 4.87. The lowest BCUT2D eigenvalue weighted by atomic mass is 10.1. The van der Waals surface area contributed by atoms with Gasteiger partial charge in [0.1, 0.15) is 11.6 Å². The second kappa shape index (κ2) is 8.49. The Morgan fingerprint density at radius 1 is 1.11 bits per heavy atom. The Kier molecular flexibility index (Phi) is 6.08. The summed E-state index contributed by atoms with van der Waals surface area (Å²) in [6.07, 6.45) is 0.614. The Bertz CT molecular complexity index is 932. The molecule has 3 aromatic rings. The highest BCUT2D eigenvalue weighted by Crippen LogP contribution is 2.37. The Hall–Kier alpha value is -2.45. The standard InChI is InChI=1S/C18H16ClF2N3O2S/c1-25-14-4-3-10(15(19)16(14)26-2)5-6-22-18-23-17(24-27-18)11-7-12(20)9-13(21)8-11/h3-4,7-9H,5-6H2,1-2H3,(H,22,23,24). The first-order valence-electron chi connectivity index (χ1n) is 7.95. The highest BCUT2D eigenvalue weighted by molar-refractivity contribution is 7.09. The molecule has 0 bridgehead atoms. The van der Waals surface area contributed by atoms with Crippen molar-refractivity contribution in [3.63, 3.8) is 0 Å². The molecule has 0 saturated heterocycles. The molecule has 0 spiro atoms. The van der Waals surface area contributed by atoms with Crippen LogP contribution in [0.15, 0.2) is 30.3 Å². The number of benzene rings is 2. The SMILES string of the molecule is COc1ccc(CCNc2nc(-c3cc(F)cc(F)c3)ns2)c(Cl)c1OC. The highest BCUT2D eigenvalue weighted by atomic mass is 35.5. The van der Waals surface area contributed by atoms with Crippen molar-refractivity contribution in [1.82, 2.24) is 9.36 Å². The minimum absolute atomic E-state index is 0.269. The van der Waals surface area contributed by atoms with Gasteiger partial charge in [-0.1, -0.05) is 17.7 Å². The van der Waals surface area contributed by atoms with Gasteiger partial charge in [0, 0.05) is 29.7 Å². The fourth-order valence-corrected chi connectivity index (χ4v) is 3.46. The van der Waals surface area contributed by atoms with E-state index >= 15 is 0 Å². The summed E-state index contributed by atoms with van der Waals surface area (Å²) < 4.78 is 41.3. The van der Waals surface area contributed by atoms with Crippen molar-refractivity contribution in [3.8, 4) is 22.9 Å². The summed E-state index contributed by atoms with van der Waals surface area (Å²) in [5, 5.41) is 4.17. The number of hydrogen-bond acceptors (Lipinski definition) is 6. The third kappa shape index (κ3) is 4.45. The van der Waals surface area contributed by atoms with Crippen LogP contribution in [0.2, 0.25) is 5.02 Å². The normalized spacial score (nSPS) is 10.7. The molecule has 1 aromatic heterocycles. The summed E-state index contributed by atoms with van der Waals surface area (Å²) in [5.74, 6) is -0.0156. The zero-order chi connectivity index (χ0) is 19.4. The van der Waals surface area contributed by atoms with Crippen molar-refractivity contribution in [1.29, 1.82) is 0 Å². The van der Waals surface area contributed by atoms with E-state index < -0.39 is 11.6 Å². The van der Waals surface area contributed by atoms with E-state index in [0.717, 1.165) is 23.2 Å². The number of nitrogens with one attached hydrogen (secondary N) is 1. The number of aromatic nitrogens is 2. The zero-order valence-electron chi connectivity index (χ0n) is 14.6. The fourth-order valence-electron chi connectivity index (χ4n) is 2.52. The van der Waals surface area contributed by atoms with Crippen molar-refractivity contribution in [2.75, 3.05) is 26.1 Å². The van der Waals surface area contributed by atoms with Gasteiger partial charge in [-0.2, -0.15) is 9.36 Å². The molecule has 3 rings (SSSR count). The Morgan fingerprint density at radius 2 is 1.85 bits per heavy atom. The molecular weight excluding hydrogens is 396 g/mol. The maximum Gasteiger partial charge on any atom is 0.202 e. The number of methoxy groups -OCH3 is 2. The third-order valence-electron chi connectivity index (χ3n) is 3.78. The van der Waals surface area contributed by atoms with E-state index in [4.69, 9.17) is 21.1 Å². The Labute approximate surface area is 164 Å². The summed E-state index contributed by atoms with van der Waals surface area (Å²) in [4.78, 5) is 4.26. The van der Waals surface area contributed by atoms with Crippen molar-refractivity contribution in [2.45, 2.75) is 6.42 Å². The summed E-state index contributed by atoms with van der Waals surface area (Å²) >= 11 is 7.47. The van der Waals surface area contributed by atoms with Crippen molar-refractivity contribution in [2.24, 2.45) is 0 Å². The van der Waals surface area contributed by atoms with E-state index in [9.17, 15) is 8.78 Å². The van der Waals surface area contributed by atoms with Gasteiger partial charge >= 0.3 is 0 Å². The molecule has 0 unspecified atom stereocenters. The van der Waals surface area contributed by atoms with Crippen LogP contribution in [0.3, 0.4) is 0 Å². The molecule has 1 heterocycles. The Balaban J connectivity index is 1.66. The molecule has 2 aromatic carbocycles. The number of hydrogen-bond donors (Lipinski definition) is 1. The van der Waals surface area contributed by atoms with Crippen LogP contribution in [0, 0.1) is 11.6 Å². The summed E-state index contributed by atoms with van der Waals surface area (Å²) in [5.41, 5.74) is 1.18.